The van der Waals surface area contributed by atoms with E-state index in [4.69, 9.17) is 9.31 Å². The van der Waals surface area contributed by atoms with Gasteiger partial charge in [-0.2, -0.15) is 0 Å². The van der Waals surface area contributed by atoms with E-state index in [0.717, 1.165) is 30.6 Å². The minimum Gasteiger partial charge on any atom is -0.399 e. The van der Waals surface area contributed by atoms with Gasteiger partial charge in [0.15, 0.2) is 0 Å². The minimum atomic E-state index is -0.666. The van der Waals surface area contributed by atoms with Crippen molar-refractivity contribution in [3.63, 3.8) is 0 Å². The van der Waals surface area contributed by atoms with Crippen molar-refractivity contribution < 1.29 is 18.5 Å². The summed E-state index contributed by atoms with van der Waals surface area (Å²) in [5.41, 5.74) is 4.52. The molecule has 0 atom stereocenters. The zero-order valence-electron chi connectivity index (χ0n) is 19.8. The molecule has 7 heteroatoms. The van der Waals surface area contributed by atoms with Crippen molar-refractivity contribution in [2.24, 2.45) is 0 Å². The average Bonchev–Trinajstić information content (AvgIpc) is 3.22. The van der Waals surface area contributed by atoms with E-state index >= 15 is 0 Å². The number of hydrogen-bond donors (Lipinski definition) is 0. The highest BCUT2D eigenvalue weighted by Crippen LogP contribution is 2.38. The molecule has 0 N–H and O–H groups in total. The van der Waals surface area contributed by atoms with Crippen LogP contribution in [0.5, 0.6) is 0 Å². The summed E-state index contributed by atoms with van der Waals surface area (Å²) in [5, 5.41) is 0. The number of carbonyl (C=O) groups excluding carboxylic acids is 1. The van der Waals surface area contributed by atoms with Crippen LogP contribution in [0.25, 0.3) is 0 Å². The van der Waals surface area contributed by atoms with Crippen molar-refractivity contribution >= 4 is 24.2 Å². The lowest BCUT2D eigenvalue weighted by Crippen LogP contribution is -2.43. The predicted octanol–water partition coefficient (Wildman–Crippen LogP) is 4.03. The van der Waals surface area contributed by atoms with Crippen LogP contribution in [0.2, 0.25) is 0 Å². The number of aromatic nitrogens is 1. The fourth-order valence-electron chi connectivity index (χ4n) is 5.32. The van der Waals surface area contributed by atoms with Crippen LogP contribution in [0.4, 0.5) is 10.1 Å². The van der Waals surface area contributed by atoms with Crippen LogP contribution >= 0.6 is 0 Å². The van der Waals surface area contributed by atoms with Crippen LogP contribution < -0.4 is 10.4 Å². The van der Waals surface area contributed by atoms with E-state index in [1.807, 2.05) is 34.6 Å². The topological polar surface area (TPSA) is 43.7 Å². The fourth-order valence-corrected chi connectivity index (χ4v) is 5.32. The maximum Gasteiger partial charge on any atom is 0.495 e. The van der Waals surface area contributed by atoms with Crippen LogP contribution in [0, 0.1) is 5.82 Å². The number of nitrogens with zero attached hydrogens (tertiary/aromatic N) is 2. The number of anilines is 1. The summed E-state index contributed by atoms with van der Waals surface area (Å²) in [4.78, 5) is 15.3. The maximum absolute atomic E-state index is 14.9. The van der Waals surface area contributed by atoms with Gasteiger partial charge in [0.05, 0.1) is 11.2 Å². The lowest BCUT2D eigenvalue weighted by Gasteiger charge is -2.32. The molecule has 0 saturated carbocycles. The lowest BCUT2D eigenvalue weighted by atomic mass is 9.74. The largest absolute Gasteiger partial charge is 0.495 e. The third-order valence-corrected chi connectivity index (χ3v) is 7.80. The first-order chi connectivity index (χ1) is 15.1. The minimum absolute atomic E-state index is 0.0502. The van der Waals surface area contributed by atoms with E-state index in [1.54, 1.807) is 4.90 Å². The predicted molar refractivity (Wildman–Crippen MR) is 124 cm³/mol. The molecule has 1 amide bonds. The van der Waals surface area contributed by atoms with Gasteiger partial charge in [-0.1, -0.05) is 6.92 Å². The van der Waals surface area contributed by atoms with E-state index in [2.05, 4.69) is 10.6 Å². The Bertz CT molecular complexity index is 1080. The van der Waals surface area contributed by atoms with Gasteiger partial charge in [0.1, 0.15) is 11.5 Å². The van der Waals surface area contributed by atoms with Gasteiger partial charge >= 0.3 is 7.12 Å². The quantitative estimate of drug-likeness (QED) is 0.680. The highest BCUT2D eigenvalue weighted by atomic mass is 19.1. The number of rotatable bonds is 3. The summed E-state index contributed by atoms with van der Waals surface area (Å²) < 4.78 is 29.5. The Kier molecular flexibility index (Phi) is 5.06. The molecule has 1 saturated heterocycles. The Morgan fingerprint density at radius 1 is 1.03 bits per heavy atom. The van der Waals surface area contributed by atoms with Crippen molar-refractivity contribution in [2.75, 3.05) is 11.4 Å². The van der Waals surface area contributed by atoms with E-state index in [9.17, 15) is 9.18 Å². The van der Waals surface area contributed by atoms with Crippen LogP contribution in [-0.2, 0) is 35.1 Å². The van der Waals surface area contributed by atoms with E-state index in [1.165, 1.54) is 36.2 Å². The molecule has 2 aliphatic heterocycles. The Morgan fingerprint density at radius 2 is 1.72 bits per heavy atom. The summed E-state index contributed by atoms with van der Waals surface area (Å²) in [5.74, 6) is -0.430. The summed E-state index contributed by atoms with van der Waals surface area (Å²) in [7, 11) is -0.666. The molecule has 1 aliphatic carbocycles. The average molecular weight is 438 g/mol. The molecular formula is C25H32BFN2O3. The highest BCUT2D eigenvalue weighted by molar-refractivity contribution is 6.62. The molecule has 0 bridgehead atoms. The second kappa shape index (κ2) is 7.46. The SMILES string of the molecule is CCc1c(B2OC(C)(C)C(C)(C)O2)cc(F)cc1N1CCn2c(cc3c2CCCC3)C1=O. The Morgan fingerprint density at radius 3 is 2.41 bits per heavy atom. The standard InChI is InChI=1S/C25H32BFN2O3/c1-6-18-19(26-31-24(2,3)25(4,5)32-26)14-17(27)15-21(18)29-12-11-28-20-10-8-7-9-16(20)13-22(28)23(29)30/h13-15H,6-12H2,1-5H3. The van der Waals surface area contributed by atoms with Gasteiger partial charge in [-0.25, -0.2) is 4.39 Å². The van der Waals surface area contributed by atoms with Crippen LogP contribution in [-0.4, -0.2) is 35.3 Å². The number of benzene rings is 1. The van der Waals surface area contributed by atoms with Gasteiger partial charge < -0.3 is 18.8 Å². The van der Waals surface area contributed by atoms with Crippen molar-refractivity contribution in [3.05, 3.63) is 46.5 Å². The number of fused-ring (bicyclic) bond motifs is 3. The molecule has 0 unspecified atom stereocenters. The molecule has 170 valence electrons. The molecule has 5 rings (SSSR count). The number of halogens is 1. The van der Waals surface area contributed by atoms with Gasteiger partial charge in [-0.15, -0.1) is 0 Å². The Balaban J connectivity index is 1.55. The maximum atomic E-state index is 14.9. The van der Waals surface area contributed by atoms with Crippen molar-refractivity contribution in [1.82, 2.24) is 4.57 Å². The molecule has 2 aromatic rings. The molecule has 32 heavy (non-hydrogen) atoms. The molecule has 3 aliphatic rings. The van der Waals surface area contributed by atoms with Crippen LogP contribution in [0.1, 0.15) is 74.8 Å². The third-order valence-electron chi connectivity index (χ3n) is 7.80. The number of hydrogen-bond acceptors (Lipinski definition) is 3. The first kappa shape index (κ1) is 21.7. The zero-order chi connectivity index (χ0) is 22.8. The monoisotopic (exact) mass is 438 g/mol. The summed E-state index contributed by atoms with van der Waals surface area (Å²) in [6.07, 6.45) is 5.07. The molecule has 3 heterocycles. The first-order valence-electron chi connectivity index (χ1n) is 11.8. The summed E-state index contributed by atoms with van der Waals surface area (Å²) in [6, 6.07) is 5.05. The Labute approximate surface area is 190 Å². The van der Waals surface area contributed by atoms with Crippen molar-refractivity contribution in [1.29, 1.82) is 0 Å². The molecule has 1 fully saturated rings. The lowest BCUT2D eigenvalue weighted by molar-refractivity contribution is 0.00578. The summed E-state index contributed by atoms with van der Waals surface area (Å²) in [6.45, 7) is 11.3. The van der Waals surface area contributed by atoms with Crippen LogP contribution in [0.3, 0.4) is 0 Å². The Hall–Kier alpha value is -2.12. The van der Waals surface area contributed by atoms with Crippen molar-refractivity contribution in [2.45, 2.75) is 84.5 Å². The van der Waals surface area contributed by atoms with Gasteiger partial charge in [-0.05, 0) is 94.6 Å². The first-order valence-corrected chi connectivity index (χ1v) is 11.8. The molecule has 0 spiro atoms. The van der Waals surface area contributed by atoms with E-state index in [-0.39, 0.29) is 11.7 Å². The second-order valence-corrected chi connectivity index (χ2v) is 10.3. The van der Waals surface area contributed by atoms with Gasteiger partial charge in [-0.3, -0.25) is 4.79 Å². The van der Waals surface area contributed by atoms with E-state index in [0.29, 0.717) is 24.1 Å². The molecule has 0 radical (unpaired) electrons. The van der Waals surface area contributed by atoms with Crippen LogP contribution in [0.15, 0.2) is 18.2 Å². The summed E-state index contributed by atoms with van der Waals surface area (Å²) >= 11 is 0. The highest BCUT2D eigenvalue weighted by Gasteiger charge is 2.52. The van der Waals surface area contributed by atoms with Gasteiger partial charge in [0.25, 0.3) is 5.91 Å². The molecule has 1 aromatic heterocycles. The number of carbonyl (C=O) groups is 1. The normalized spacial score (nSPS) is 21.6. The molecule has 5 nitrogen and oxygen atoms in total. The second-order valence-electron chi connectivity index (χ2n) is 10.3. The van der Waals surface area contributed by atoms with E-state index < -0.39 is 18.3 Å². The molecule has 1 aromatic carbocycles. The third kappa shape index (κ3) is 3.24. The van der Waals surface area contributed by atoms with Gasteiger partial charge in [0, 0.05) is 24.5 Å². The molecular weight excluding hydrogens is 406 g/mol. The van der Waals surface area contributed by atoms with Crippen molar-refractivity contribution in [3.8, 4) is 0 Å². The fraction of sp³-hybridized carbons (Fsp3) is 0.560. The van der Waals surface area contributed by atoms with Gasteiger partial charge in [0.2, 0.25) is 0 Å². The zero-order valence-corrected chi connectivity index (χ0v) is 19.8. The number of aryl methyl sites for hydroxylation is 1. The number of amides is 1. The smallest absolute Gasteiger partial charge is 0.399 e.